The molecule has 0 fully saturated rings. The topological polar surface area (TPSA) is 56.1 Å². The minimum Gasteiger partial charge on any atom is -0.453 e. The number of aromatic nitrogens is 2. The van der Waals surface area contributed by atoms with E-state index < -0.39 is 6.09 Å². The molecular weight excluding hydrogens is 325 g/mol. The van der Waals surface area contributed by atoms with Crippen LogP contribution in [0.1, 0.15) is 26.5 Å². The summed E-state index contributed by atoms with van der Waals surface area (Å²) in [4.78, 5) is 11.5. The Hall–Kier alpha value is -1.72. The smallest absolute Gasteiger partial charge is 0.412 e. The standard InChI is InChI=1S/C15H17Cl2N3O2/c1-15(2,3)12-8-13(18-14(21)22-4)20(19-12)11-7-9(16)5-6-10(11)17/h5-8H,1-4H3,(H,18,21). The van der Waals surface area contributed by atoms with E-state index in [0.29, 0.717) is 21.6 Å². The molecule has 0 aliphatic rings. The lowest BCUT2D eigenvalue weighted by molar-refractivity contribution is 0.186. The lowest BCUT2D eigenvalue weighted by Crippen LogP contribution is -2.15. The third-order valence-corrected chi connectivity index (χ3v) is 3.58. The summed E-state index contributed by atoms with van der Waals surface area (Å²) in [6.07, 6.45) is -0.584. The van der Waals surface area contributed by atoms with E-state index in [-0.39, 0.29) is 5.41 Å². The van der Waals surface area contributed by atoms with E-state index in [4.69, 9.17) is 23.2 Å². The molecule has 2 rings (SSSR count). The highest BCUT2D eigenvalue weighted by molar-refractivity contribution is 6.34. The molecule has 1 aromatic carbocycles. The van der Waals surface area contributed by atoms with E-state index in [1.165, 1.54) is 7.11 Å². The van der Waals surface area contributed by atoms with Crippen LogP contribution in [0.15, 0.2) is 24.3 Å². The molecule has 2 aromatic rings. The number of hydrogen-bond donors (Lipinski definition) is 1. The Balaban J connectivity index is 2.59. The number of methoxy groups -OCH3 is 1. The van der Waals surface area contributed by atoms with Crippen LogP contribution in [0.5, 0.6) is 0 Å². The zero-order chi connectivity index (χ0) is 16.5. The highest BCUT2D eigenvalue weighted by atomic mass is 35.5. The summed E-state index contributed by atoms with van der Waals surface area (Å²) in [5.41, 5.74) is 1.19. The van der Waals surface area contributed by atoms with E-state index in [9.17, 15) is 4.79 Å². The first-order valence-corrected chi connectivity index (χ1v) is 7.39. The number of carbonyl (C=O) groups excluding carboxylic acids is 1. The van der Waals surface area contributed by atoms with Crippen LogP contribution in [0.3, 0.4) is 0 Å². The van der Waals surface area contributed by atoms with Gasteiger partial charge in [-0.05, 0) is 18.2 Å². The van der Waals surface area contributed by atoms with Gasteiger partial charge in [0.05, 0.1) is 23.5 Å². The van der Waals surface area contributed by atoms with Crippen LogP contribution in [-0.2, 0) is 10.2 Å². The van der Waals surface area contributed by atoms with Crippen molar-refractivity contribution in [3.8, 4) is 5.69 Å². The molecule has 0 saturated carbocycles. The molecule has 118 valence electrons. The Bertz CT molecular complexity index is 705. The molecule has 7 heteroatoms. The van der Waals surface area contributed by atoms with Crippen LogP contribution in [0, 0.1) is 0 Å². The normalized spacial score (nSPS) is 11.4. The number of halogens is 2. The van der Waals surface area contributed by atoms with Gasteiger partial charge in [-0.15, -0.1) is 0 Å². The Kier molecular flexibility index (Phi) is 4.68. The molecule has 0 saturated heterocycles. The summed E-state index contributed by atoms with van der Waals surface area (Å²) in [5.74, 6) is 0.459. The van der Waals surface area contributed by atoms with Crippen LogP contribution in [0.25, 0.3) is 5.69 Å². The van der Waals surface area contributed by atoms with Gasteiger partial charge in [0.1, 0.15) is 5.82 Å². The predicted molar refractivity (Wildman–Crippen MR) is 88.3 cm³/mol. The van der Waals surface area contributed by atoms with Crippen LogP contribution >= 0.6 is 23.2 Å². The van der Waals surface area contributed by atoms with Gasteiger partial charge < -0.3 is 4.74 Å². The van der Waals surface area contributed by atoms with Crippen LogP contribution in [-0.4, -0.2) is 23.0 Å². The van der Waals surface area contributed by atoms with Crippen molar-refractivity contribution in [2.45, 2.75) is 26.2 Å². The summed E-state index contributed by atoms with van der Waals surface area (Å²) in [7, 11) is 1.30. The van der Waals surface area contributed by atoms with E-state index in [2.05, 4.69) is 15.2 Å². The van der Waals surface area contributed by atoms with Crippen molar-refractivity contribution in [1.82, 2.24) is 9.78 Å². The average Bonchev–Trinajstić information content (AvgIpc) is 2.85. The summed E-state index contributed by atoms with van der Waals surface area (Å²) < 4.78 is 6.19. The van der Waals surface area contributed by atoms with Gasteiger partial charge in [-0.3, -0.25) is 5.32 Å². The molecule has 1 amide bonds. The number of rotatable bonds is 2. The highest BCUT2D eigenvalue weighted by Crippen LogP contribution is 2.30. The number of hydrogen-bond acceptors (Lipinski definition) is 3. The zero-order valence-corrected chi connectivity index (χ0v) is 14.3. The van der Waals surface area contributed by atoms with Crippen molar-refractivity contribution < 1.29 is 9.53 Å². The Labute approximate surface area is 139 Å². The Morgan fingerprint density at radius 2 is 1.95 bits per heavy atom. The van der Waals surface area contributed by atoms with Crippen LogP contribution in [0.4, 0.5) is 10.6 Å². The first-order valence-electron chi connectivity index (χ1n) is 6.63. The molecule has 0 atom stereocenters. The maximum Gasteiger partial charge on any atom is 0.412 e. The molecular formula is C15H17Cl2N3O2. The fraction of sp³-hybridized carbons (Fsp3) is 0.333. The van der Waals surface area contributed by atoms with Crippen molar-refractivity contribution in [2.75, 3.05) is 12.4 Å². The number of nitrogens with one attached hydrogen (secondary N) is 1. The number of nitrogens with zero attached hydrogens (tertiary/aromatic N) is 2. The first kappa shape index (κ1) is 16.6. The molecule has 5 nitrogen and oxygen atoms in total. The largest absolute Gasteiger partial charge is 0.453 e. The number of ether oxygens (including phenoxy) is 1. The van der Waals surface area contributed by atoms with E-state index in [1.807, 2.05) is 20.8 Å². The molecule has 1 aromatic heterocycles. The maximum atomic E-state index is 11.5. The second kappa shape index (κ2) is 6.18. The lowest BCUT2D eigenvalue weighted by atomic mass is 9.92. The van der Waals surface area contributed by atoms with Gasteiger partial charge >= 0.3 is 6.09 Å². The number of carbonyl (C=O) groups is 1. The highest BCUT2D eigenvalue weighted by Gasteiger charge is 2.22. The lowest BCUT2D eigenvalue weighted by Gasteiger charge is -2.14. The molecule has 0 bridgehead atoms. The third-order valence-electron chi connectivity index (χ3n) is 3.03. The Morgan fingerprint density at radius 3 is 2.55 bits per heavy atom. The summed E-state index contributed by atoms with van der Waals surface area (Å²) in [5, 5.41) is 8.18. The number of amides is 1. The Morgan fingerprint density at radius 1 is 1.27 bits per heavy atom. The van der Waals surface area contributed by atoms with Gasteiger partial charge in [0.15, 0.2) is 0 Å². The fourth-order valence-electron chi connectivity index (χ4n) is 1.82. The molecule has 22 heavy (non-hydrogen) atoms. The predicted octanol–water partition coefficient (Wildman–Crippen LogP) is 4.65. The zero-order valence-electron chi connectivity index (χ0n) is 12.8. The molecule has 1 N–H and O–H groups in total. The van der Waals surface area contributed by atoms with Gasteiger partial charge in [-0.25, -0.2) is 9.48 Å². The summed E-state index contributed by atoms with van der Waals surface area (Å²) >= 11 is 12.3. The molecule has 1 heterocycles. The molecule has 0 aliphatic heterocycles. The van der Waals surface area contributed by atoms with Crippen molar-refractivity contribution in [3.63, 3.8) is 0 Å². The number of anilines is 1. The van der Waals surface area contributed by atoms with Crippen LogP contribution < -0.4 is 5.32 Å². The second-order valence-electron chi connectivity index (χ2n) is 5.79. The van der Waals surface area contributed by atoms with Gasteiger partial charge in [-0.2, -0.15) is 5.10 Å². The van der Waals surface area contributed by atoms with Gasteiger partial charge in [-0.1, -0.05) is 44.0 Å². The van der Waals surface area contributed by atoms with Crippen molar-refractivity contribution >= 4 is 35.1 Å². The van der Waals surface area contributed by atoms with Crippen LogP contribution in [0.2, 0.25) is 10.0 Å². The van der Waals surface area contributed by atoms with Gasteiger partial charge in [0, 0.05) is 16.5 Å². The minimum atomic E-state index is -0.584. The van der Waals surface area contributed by atoms with Crippen molar-refractivity contribution in [1.29, 1.82) is 0 Å². The molecule has 0 unspecified atom stereocenters. The molecule has 0 spiro atoms. The second-order valence-corrected chi connectivity index (χ2v) is 6.63. The van der Waals surface area contributed by atoms with Gasteiger partial charge in [0.2, 0.25) is 0 Å². The van der Waals surface area contributed by atoms with E-state index >= 15 is 0 Å². The quantitative estimate of drug-likeness (QED) is 0.864. The summed E-state index contributed by atoms with van der Waals surface area (Å²) in [6, 6.07) is 6.84. The fourth-order valence-corrected chi connectivity index (χ4v) is 2.19. The third kappa shape index (κ3) is 3.54. The van der Waals surface area contributed by atoms with E-state index in [0.717, 1.165) is 5.69 Å². The first-order chi connectivity index (χ1) is 10.2. The van der Waals surface area contributed by atoms with E-state index in [1.54, 1.807) is 28.9 Å². The number of benzene rings is 1. The maximum absolute atomic E-state index is 11.5. The van der Waals surface area contributed by atoms with Crippen molar-refractivity contribution in [2.24, 2.45) is 0 Å². The van der Waals surface area contributed by atoms with Gasteiger partial charge in [0.25, 0.3) is 0 Å². The molecule has 0 radical (unpaired) electrons. The van der Waals surface area contributed by atoms with Crippen molar-refractivity contribution in [3.05, 3.63) is 40.0 Å². The summed E-state index contributed by atoms with van der Waals surface area (Å²) in [6.45, 7) is 6.09. The SMILES string of the molecule is COC(=O)Nc1cc(C(C)(C)C)nn1-c1cc(Cl)ccc1Cl. The minimum absolute atomic E-state index is 0.192. The monoisotopic (exact) mass is 341 g/mol. The molecule has 0 aliphatic carbocycles. The average molecular weight is 342 g/mol.